The molecule has 1 N–H and O–H groups in total. The molecule has 0 fully saturated rings. The highest BCUT2D eigenvalue weighted by atomic mass is 32.2. The van der Waals surface area contributed by atoms with Crippen LogP contribution >= 0.6 is 0 Å². The summed E-state index contributed by atoms with van der Waals surface area (Å²) in [7, 11) is -1.92. The Morgan fingerprint density at radius 2 is 1.86 bits per heavy atom. The van der Waals surface area contributed by atoms with Crippen molar-refractivity contribution in [1.82, 2.24) is 19.5 Å². The Morgan fingerprint density at radius 1 is 1.14 bits per heavy atom. The van der Waals surface area contributed by atoms with Crippen LogP contribution in [0, 0.1) is 27.7 Å². The number of hydrogen-bond donors (Lipinski definition) is 1. The average molecular weight is 403 g/mol. The predicted octanol–water partition coefficient (Wildman–Crippen LogP) is 3.35. The molecule has 150 valence electrons. The van der Waals surface area contributed by atoms with Crippen LogP contribution in [0.4, 0.5) is 0 Å². The smallest absolute Gasteiger partial charge is 0.264 e. The third-order valence-corrected chi connectivity index (χ3v) is 6.72. The minimum absolute atomic E-state index is 0.236. The van der Waals surface area contributed by atoms with Crippen LogP contribution in [0.15, 0.2) is 27.5 Å². The van der Waals surface area contributed by atoms with Gasteiger partial charge in [-0.1, -0.05) is 30.7 Å². The van der Waals surface area contributed by atoms with E-state index in [4.69, 9.17) is 4.42 Å². The molecule has 0 spiro atoms. The van der Waals surface area contributed by atoms with Gasteiger partial charge in [-0.3, -0.25) is 0 Å². The van der Waals surface area contributed by atoms with Gasteiger partial charge in [0.1, 0.15) is 10.6 Å². The summed E-state index contributed by atoms with van der Waals surface area (Å²) in [6.07, 6.45) is 0.623. The summed E-state index contributed by atoms with van der Waals surface area (Å²) < 4.78 is 36.4. The quantitative estimate of drug-likeness (QED) is 0.683. The number of rotatable bonds is 6. The van der Waals surface area contributed by atoms with Crippen molar-refractivity contribution in [1.29, 1.82) is 0 Å². The minimum atomic E-state index is -3.72. The highest BCUT2D eigenvalue weighted by molar-refractivity contribution is 7.89. The number of aryl methyl sites for hydroxylation is 3. The maximum absolute atomic E-state index is 13.1. The van der Waals surface area contributed by atoms with Crippen LogP contribution in [0.1, 0.15) is 40.8 Å². The van der Waals surface area contributed by atoms with Gasteiger partial charge in [0.25, 0.3) is 5.89 Å². The summed E-state index contributed by atoms with van der Waals surface area (Å²) in [5.41, 5.74) is 4.94. The van der Waals surface area contributed by atoms with E-state index >= 15 is 0 Å². The largest absolute Gasteiger partial charge is 0.419 e. The van der Waals surface area contributed by atoms with Crippen molar-refractivity contribution < 1.29 is 12.8 Å². The second-order valence-electron chi connectivity index (χ2n) is 7.06. The molecule has 1 aromatic carbocycles. The van der Waals surface area contributed by atoms with E-state index in [0.29, 0.717) is 35.2 Å². The Kier molecular flexibility index (Phi) is 5.45. The third-order valence-electron chi connectivity index (χ3n) is 5.06. The summed E-state index contributed by atoms with van der Waals surface area (Å²) >= 11 is 0. The molecule has 7 nitrogen and oxygen atoms in total. The normalized spacial score (nSPS) is 11.9. The number of aromatic nitrogens is 3. The van der Waals surface area contributed by atoms with E-state index < -0.39 is 10.0 Å². The molecule has 0 amide bonds. The van der Waals surface area contributed by atoms with Crippen molar-refractivity contribution in [2.24, 2.45) is 7.05 Å². The highest BCUT2D eigenvalue weighted by Gasteiger charge is 2.28. The van der Waals surface area contributed by atoms with Crippen LogP contribution in [0.5, 0.6) is 0 Å². The summed E-state index contributed by atoms with van der Waals surface area (Å²) in [6.45, 7) is 9.67. The molecule has 0 bridgehead atoms. The maximum atomic E-state index is 13.1. The zero-order chi connectivity index (χ0) is 20.6. The second-order valence-corrected chi connectivity index (χ2v) is 8.76. The summed E-state index contributed by atoms with van der Waals surface area (Å²) in [5.74, 6) is 0.849. The molecule has 8 heteroatoms. The average Bonchev–Trinajstić information content (AvgIpc) is 3.19. The molecule has 0 unspecified atom stereocenters. The number of nitrogens with one attached hydrogen (secondary N) is 1. The van der Waals surface area contributed by atoms with Gasteiger partial charge in [0.2, 0.25) is 15.9 Å². The molecule has 2 heterocycles. The lowest BCUT2D eigenvalue weighted by molar-refractivity contribution is 0.508. The molecule has 0 aliphatic rings. The van der Waals surface area contributed by atoms with Gasteiger partial charge in [-0.25, -0.2) is 13.1 Å². The van der Waals surface area contributed by atoms with Gasteiger partial charge in [0.15, 0.2) is 0 Å². The van der Waals surface area contributed by atoms with Crippen LogP contribution in [0.2, 0.25) is 0 Å². The fourth-order valence-electron chi connectivity index (χ4n) is 3.38. The summed E-state index contributed by atoms with van der Waals surface area (Å²) in [5, 5.41) is 8.07. The van der Waals surface area contributed by atoms with Crippen LogP contribution in [-0.4, -0.2) is 23.2 Å². The Balaban J connectivity index is 1.98. The molecular formula is C20H26N4O3S. The number of benzene rings is 1. The minimum Gasteiger partial charge on any atom is -0.419 e. The van der Waals surface area contributed by atoms with Crippen molar-refractivity contribution in [2.45, 2.75) is 52.5 Å². The van der Waals surface area contributed by atoms with Crippen LogP contribution < -0.4 is 4.72 Å². The Morgan fingerprint density at radius 3 is 2.50 bits per heavy atom. The van der Waals surface area contributed by atoms with Crippen molar-refractivity contribution in [3.8, 4) is 11.6 Å². The molecule has 0 saturated carbocycles. The topological polar surface area (TPSA) is 90.0 Å². The van der Waals surface area contributed by atoms with Crippen molar-refractivity contribution in [3.63, 3.8) is 0 Å². The van der Waals surface area contributed by atoms with Gasteiger partial charge in [0, 0.05) is 31.3 Å². The number of sulfonamides is 1. The first-order valence-corrected chi connectivity index (χ1v) is 10.7. The summed E-state index contributed by atoms with van der Waals surface area (Å²) in [4.78, 5) is 0.256. The molecule has 2 aromatic heterocycles. The van der Waals surface area contributed by atoms with E-state index in [1.807, 2.05) is 39.0 Å². The molecule has 3 aromatic rings. The van der Waals surface area contributed by atoms with E-state index in [0.717, 1.165) is 16.7 Å². The van der Waals surface area contributed by atoms with Crippen LogP contribution in [0.3, 0.4) is 0 Å². The van der Waals surface area contributed by atoms with Crippen LogP contribution in [0.25, 0.3) is 11.6 Å². The lowest BCUT2D eigenvalue weighted by Gasteiger charge is -2.11. The van der Waals surface area contributed by atoms with Gasteiger partial charge in [-0.2, -0.15) is 0 Å². The lowest BCUT2D eigenvalue weighted by Crippen LogP contribution is -2.24. The van der Waals surface area contributed by atoms with Gasteiger partial charge in [0.05, 0.1) is 0 Å². The Bertz CT molecular complexity index is 1130. The maximum Gasteiger partial charge on any atom is 0.264 e. The number of nitrogens with zero attached hydrogens (tertiary/aromatic N) is 3. The van der Waals surface area contributed by atoms with Gasteiger partial charge in [-0.15, -0.1) is 10.2 Å². The van der Waals surface area contributed by atoms with Crippen molar-refractivity contribution in [2.75, 3.05) is 0 Å². The van der Waals surface area contributed by atoms with E-state index in [9.17, 15) is 8.42 Å². The fourth-order valence-corrected chi connectivity index (χ4v) is 4.89. The molecule has 0 atom stereocenters. The predicted molar refractivity (Wildman–Crippen MR) is 107 cm³/mol. The Labute approximate surface area is 165 Å². The molecule has 28 heavy (non-hydrogen) atoms. The first-order chi connectivity index (χ1) is 13.2. The van der Waals surface area contributed by atoms with E-state index in [1.165, 1.54) is 0 Å². The van der Waals surface area contributed by atoms with Gasteiger partial charge in [-0.05, 0) is 38.8 Å². The van der Waals surface area contributed by atoms with Gasteiger partial charge >= 0.3 is 0 Å². The lowest BCUT2D eigenvalue weighted by atomic mass is 10.1. The standard InChI is InChI=1S/C20H26N4O3S/c1-7-17-22-23-20(27-17)18-14(4)19(15(5)24(18)6)28(25,26)21-11-16-10-12(2)8-9-13(16)3/h8-10,21H,7,11H2,1-6H3. The zero-order valence-corrected chi connectivity index (χ0v) is 17.9. The molecular weight excluding hydrogens is 376 g/mol. The molecule has 0 aliphatic heterocycles. The second kappa shape index (κ2) is 7.52. The molecule has 3 rings (SSSR count). The van der Waals surface area contributed by atoms with E-state index in [1.54, 1.807) is 25.5 Å². The van der Waals surface area contributed by atoms with E-state index in [2.05, 4.69) is 14.9 Å². The fraction of sp³-hybridized carbons (Fsp3) is 0.400. The first kappa shape index (κ1) is 20.3. The monoisotopic (exact) mass is 402 g/mol. The van der Waals surface area contributed by atoms with Crippen LogP contribution in [-0.2, 0) is 30.0 Å². The van der Waals surface area contributed by atoms with Gasteiger partial charge < -0.3 is 8.98 Å². The molecule has 0 aliphatic carbocycles. The summed E-state index contributed by atoms with van der Waals surface area (Å²) in [6, 6.07) is 6.01. The first-order valence-electron chi connectivity index (χ1n) is 9.20. The SMILES string of the molecule is CCc1nnc(-c2c(C)c(S(=O)(=O)NCc3cc(C)ccc3C)c(C)n2C)o1. The van der Waals surface area contributed by atoms with Crippen molar-refractivity contribution in [3.05, 3.63) is 52.0 Å². The molecule has 0 saturated heterocycles. The number of hydrogen-bond acceptors (Lipinski definition) is 5. The van der Waals surface area contributed by atoms with Crippen molar-refractivity contribution >= 4 is 10.0 Å². The Hall–Kier alpha value is -2.45. The van der Waals surface area contributed by atoms with E-state index in [-0.39, 0.29) is 11.4 Å². The highest BCUT2D eigenvalue weighted by Crippen LogP contribution is 2.32. The zero-order valence-electron chi connectivity index (χ0n) is 17.1. The molecule has 0 radical (unpaired) electrons. The third kappa shape index (κ3) is 3.62.